The molecule has 0 radical (unpaired) electrons. The zero-order chi connectivity index (χ0) is 38.2. The summed E-state index contributed by atoms with van der Waals surface area (Å²) in [6.45, 7) is 0. The van der Waals surface area contributed by atoms with Gasteiger partial charge in [-0.3, -0.25) is 0 Å². The van der Waals surface area contributed by atoms with E-state index in [2.05, 4.69) is 180 Å². The molecule has 12 aromatic rings. The van der Waals surface area contributed by atoms with E-state index in [1.54, 1.807) is 0 Å². The first-order chi connectivity index (χ1) is 28.7. The summed E-state index contributed by atoms with van der Waals surface area (Å²) < 4.78 is 4.95. The lowest BCUT2D eigenvalue weighted by Crippen LogP contribution is -2.00. The number of fused-ring (bicyclic) bond motifs is 9. The fourth-order valence-electron chi connectivity index (χ4n) is 8.58. The van der Waals surface area contributed by atoms with E-state index in [9.17, 15) is 0 Å². The van der Waals surface area contributed by atoms with Crippen molar-refractivity contribution in [1.82, 2.24) is 19.5 Å². The van der Waals surface area contributed by atoms with Crippen molar-refractivity contribution in [3.63, 3.8) is 0 Å². The van der Waals surface area contributed by atoms with Gasteiger partial charge in [0.1, 0.15) is 0 Å². The van der Waals surface area contributed by atoms with E-state index >= 15 is 0 Å². The van der Waals surface area contributed by atoms with Crippen LogP contribution < -0.4 is 0 Å². The monoisotopic (exact) mass is 756 g/mol. The molecule has 0 bridgehead atoms. The number of hydrogen-bond donors (Lipinski definition) is 0. The van der Waals surface area contributed by atoms with Crippen molar-refractivity contribution in [2.45, 2.75) is 0 Å². The number of rotatable bonds is 5. The van der Waals surface area contributed by atoms with Gasteiger partial charge < -0.3 is 4.57 Å². The Balaban J connectivity index is 0.929. The average Bonchev–Trinajstić information content (AvgIpc) is 3.83. The van der Waals surface area contributed by atoms with Crippen LogP contribution in [0.25, 0.3) is 115 Å². The summed E-state index contributed by atoms with van der Waals surface area (Å²) in [5.74, 6) is 1.96. The van der Waals surface area contributed by atoms with E-state index in [0.29, 0.717) is 17.5 Å². The summed E-state index contributed by atoms with van der Waals surface area (Å²) in [5, 5.41) is 10.0. The van der Waals surface area contributed by atoms with Gasteiger partial charge in [0.2, 0.25) is 0 Å². The van der Waals surface area contributed by atoms with Crippen LogP contribution in [0.1, 0.15) is 0 Å². The summed E-state index contributed by atoms with van der Waals surface area (Å²) in [6, 6.07) is 69.3. The summed E-state index contributed by atoms with van der Waals surface area (Å²) >= 11 is 1.81. The highest BCUT2D eigenvalue weighted by molar-refractivity contribution is 7.25. The second-order valence-corrected chi connectivity index (χ2v) is 15.9. The Morgan fingerprint density at radius 3 is 1.64 bits per heavy atom. The van der Waals surface area contributed by atoms with E-state index < -0.39 is 0 Å². The first kappa shape index (κ1) is 32.7. The molecule has 9 aromatic carbocycles. The summed E-state index contributed by atoms with van der Waals surface area (Å²) in [4.78, 5) is 15.1. The van der Waals surface area contributed by atoms with E-state index in [1.165, 1.54) is 63.5 Å². The third-order valence-electron chi connectivity index (χ3n) is 11.4. The summed E-state index contributed by atoms with van der Waals surface area (Å²) in [6.07, 6.45) is 0. The molecule has 0 N–H and O–H groups in total. The maximum atomic E-state index is 5.08. The van der Waals surface area contributed by atoms with Gasteiger partial charge in [0, 0.05) is 53.3 Å². The Morgan fingerprint density at radius 1 is 0.328 bits per heavy atom. The van der Waals surface area contributed by atoms with Crippen LogP contribution in [-0.2, 0) is 0 Å². The third-order valence-corrected chi connectivity index (χ3v) is 12.6. The topological polar surface area (TPSA) is 43.6 Å². The first-order valence-electron chi connectivity index (χ1n) is 19.5. The van der Waals surface area contributed by atoms with Crippen LogP contribution in [-0.4, -0.2) is 19.5 Å². The van der Waals surface area contributed by atoms with Gasteiger partial charge in [0.05, 0.1) is 11.0 Å². The van der Waals surface area contributed by atoms with Gasteiger partial charge in [-0.1, -0.05) is 140 Å². The molecule has 0 aliphatic rings. The van der Waals surface area contributed by atoms with Gasteiger partial charge >= 0.3 is 0 Å². The standard InChI is InChI=1S/C53H32N4S/c1-2-11-36(12-3-1)51-54-52(56-53(55-51)40-25-29-49-44(31-40)43-16-8-9-17-48(43)58-49)37-20-18-33(19-21-37)34-22-26-41(27-23-34)57-46-28-24-35-10-6-7-15-42(35)50(46)45-30-38-13-4-5-14-39(38)32-47(45)57/h1-32H. The van der Waals surface area contributed by atoms with Gasteiger partial charge in [0.15, 0.2) is 17.5 Å². The molecule has 5 heteroatoms. The minimum absolute atomic E-state index is 0.646. The van der Waals surface area contributed by atoms with Gasteiger partial charge in [-0.15, -0.1) is 11.3 Å². The molecule has 0 saturated heterocycles. The van der Waals surface area contributed by atoms with E-state index in [0.717, 1.165) is 33.5 Å². The lowest BCUT2D eigenvalue weighted by molar-refractivity contribution is 1.07. The molecule has 270 valence electrons. The Morgan fingerprint density at radius 2 is 0.879 bits per heavy atom. The van der Waals surface area contributed by atoms with Crippen LogP contribution in [0.2, 0.25) is 0 Å². The Hall–Kier alpha value is -7.47. The SMILES string of the molecule is c1ccc(-c2nc(-c3ccc(-c4ccc(-n5c6cc7ccccc7cc6c6c7ccccc7ccc65)cc4)cc3)nc(-c3ccc4sc5ccccc5c4c3)n2)cc1. The van der Waals surface area contributed by atoms with Crippen molar-refractivity contribution in [2.24, 2.45) is 0 Å². The number of thiophene rings is 1. The molecular weight excluding hydrogens is 725 g/mol. The molecule has 58 heavy (non-hydrogen) atoms. The minimum atomic E-state index is 0.646. The van der Waals surface area contributed by atoms with Crippen molar-refractivity contribution in [1.29, 1.82) is 0 Å². The number of hydrogen-bond acceptors (Lipinski definition) is 4. The molecule has 0 saturated carbocycles. The Kier molecular flexibility index (Phi) is 7.37. The molecule has 0 amide bonds. The summed E-state index contributed by atoms with van der Waals surface area (Å²) in [7, 11) is 0. The van der Waals surface area contributed by atoms with Crippen LogP contribution in [0.5, 0.6) is 0 Å². The predicted molar refractivity (Wildman–Crippen MR) is 244 cm³/mol. The van der Waals surface area contributed by atoms with E-state index in [-0.39, 0.29) is 0 Å². The smallest absolute Gasteiger partial charge is 0.164 e. The quantitative estimate of drug-likeness (QED) is 0.176. The lowest BCUT2D eigenvalue weighted by atomic mass is 10.0. The molecule has 0 aliphatic heterocycles. The van der Waals surface area contributed by atoms with Crippen molar-refractivity contribution in [3.8, 4) is 51.0 Å². The van der Waals surface area contributed by atoms with Crippen LogP contribution >= 0.6 is 11.3 Å². The van der Waals surface area contributed by atoms with Crippen molar-refractivity contribution in [2.75, 3.05) is 0 Å². The highest BCUT2D eigenvalue weighted by Crippen LogP contribution is 2.40. The molecule has 0 spiro atoms. The maximum Gasteiger partial charge on any atom is 0.164 e. The fraction of sp³-hybridized carbons (Fsp3) is 0. The predicted octanol–water partition coefficient (Wildman–Crippen LogP) is 14.3. The highest BCUT2D eigenvalue weighted by Gasteiger charge is 2.17. The number of nitrogens with zero attached hydrogens (tertiary/aromatic N) is 4. The second kappa shape index (κ2) is 13.1. The largest absolute Gasteiger partial charge is 0.309 e. The van der Waals surface area contributed by atoms with Gasteiger partial charge in [-0.25, -0.2) is 15.0 Å². The molecule has 0 fully saturated rings. The first-order valence-corrected chi connectivity index (χ1v) is 20.3. The molecule has 12 rings (SSSR count). The zero-order valence-electron chi connectivity index (χ0n) is 31.2. The van der Waals surface area contributed by atoms with Gasteiger partial charge in [-0.05, 0) is 87.3 Å². The average molecular weight is 757 g/mol. The molecule has 0 atom stereocenters. The number of aromatic nitrogens is 4. The zero-order valence-corrected chi connectivity index (χ0v) is 32.0. The Labute approximate surface area is 338 Å². The van der Waals surface area contributed by atoms with Gasteiger partial charge in [-0.2, -0.15) is 0 Å². The number of benzene rings is 9. The van der Waals surface area contributed by atoms with Crippen LogP contribution in [0, 0.1) is 0 Å². The van der Waals surface area contributed by atoms with Crippen molar-refractivity contribution < 1.29 is 0 Å². The maximum absolute atomic E-state index is 5.08. The molecule has 0 aliphatic carbocycles. The minimum Gasteiger partial charge on any atom is -0.309 e. The fourth-order valence-corrected chi connectivity index (χ4v) is 9.67. The Bertz CT molecular complexity index is 3550. The second-order valence-electron chi connectivity index (χ2n) is 14.8. The molecule has 3 aromatic heterocycles. The molecule has 0 unspecified atom stereocenters. The van der Waals surface area contributed by atoms with Crippen LogP contribution in [0.15, 0.2) is 194 Å². The van der Waals surface area contributed by atoms with Gasteiger partial charge in [0.25, 0.3) is 0 Å². The third kappa shape index (κ3) is 5.32. The molecular formula is C53H32N4S. The van der Waals surface area contributed by atoms with Crippen molar-refractivity contribution >= 4 is 74.9 Å². The summed E-state index contributed by atoms with van der Waals surface area (Å²) in [5.41, 5.74) is 8.67. The van der Waals surface area contributed by atoms with E-state index in [1.807, 2.05) is 29.5 Å². The molecule has 3 heterocycles. The van der Waals surface area contributed by atoms with Crippen LogP contribution in [0.4, 0.5) is 0 Å². The molecule has 4 nitrogen and oxygen atoms in total. The lowest BCUT2D eigenvalue weighted by Gasteiger charge is -2.11. The normalized spacial score (nSPS) is 11.8. The highest BCUT2D eigenvalue weighted by atomic mass is 32.1. The van der Waals surface area contributed by atoms with Crippen LogP contribution in [0.3, 0.4) is 0 Å². The van der Waals surface area contributed by atoms with E-state index in [4.69, 9.17) is 15.0 Å². The van der Waals surface area contributed by atoms with Crippen molar-refractivity contribution in [3.05, 3.63) is 194 Å².